The van der Waals surface area contributed by atoms with Gasteiger partial charge in [-0.1, -0.05) is 29.3 Å². The Bertz CT molecular complexity index is 507. The van der Waals surface area contributed by atoms with Crippen LogP contribution in [0.5, 0.6) is 0 Å². The second-order valence-electron chi connectivity index (χ2n) is 4.38. The molecule has 1 aliphatic carbocycles. The molecule has 1 atom stereocenters. The summed E-state index contributed by atoms with van der Waals surface area (Å²) in [7, 11) is 0. The van der Waals surface area contributed by atoms with Crippen molar-refractivity contribution >= 4 is 29.0 Å². The fraction of sp³-hybridized carbons (Fsp3) is 0.385. The van der Waals surface area contributed by atoms with Gasteiger partial charge in [0.15, 0.2) is 5.78 Å². The molecule has 2 nitrogen and oxygen atoms in total. The molecule has 0 aliphatic heterocycles. The van der Waals surface area contributed by atoms with E-state index < -0.39 is 5.41 Å². The maximum absolute atomic E-state index is 11.8. The standard InChI is InChI=1S/C13H11Cl2NO/c14-10-4-3-9(11(15)6-10)7-13(8-16)5-1-2-12(13)17/h3-4,6H,1-2,5,7H2. The second-order valence-corrected chi connectivity index (χ2v) is 5.23. The van der Waals surface area contributed by atoms with Crippen molar-refractivity contribution in [3.63, 3.8) is 0 Å². The lowest BCUT2D eigenvalue weighted by Crippen LogP contribution is -2.26. The minimum Gasteiger partial charge on any atom is -0.298 e. The van der Waals surface area contributed by atoms with Crippen molar-refractivity contribution in [3.8, 4) is 6.07 Å². The molecule has 0 amide bonds. The third-order valence-electron chi connectivity index (χ3n) is 3.26. The molecule has 1 aliphatic rings. The molecule has 0 saturated heterocycles. The average molecular weight is 268 g/mol. The first kappa shape index (κ1) is 12.4. The van der Waals surface area contributed by atoms with Crippen LogP contribution in [-0.4, -0.2) is 5.78 Å². The van der Waals surface area contributed by atoms with Crippen molar-refractivity contribution < 1.29 is 4.79 Å². The average Bonchev–Trinajstić information content (AvgIpc) is 2.65. The molecule has 1 fully saturated rings. The maximum atomic E-state index is 11.8. The Balaban J connectivity index is 2.31. The van der Waals surface area contributed by atoms with E-state index in [0.717, 1.165) is 12.0 Å². The van der Waals surface area contributed by atoms with E-state index in [-0.39, 0.29) is 5.78 Å². The highest BCUT2D eigenvalue weighted by atomic mass is 35.5. The van der Waals surface area contributed by atoms with Crippen LogP contribution >= 0.6 is 23.2 Å². The van der Waals surface area contributed by atoms with Gasteiger partial charge in [-0.2, -0.15) is 5.26 Å². The summed E-state index contributed by atoms with van der Waals surface area (Å²) in [4.78, 5) is 11.8. The summed E-state index contributed by atoms with van der Waals surface area (Å²) in [5, 5.41) is 10.3. The monoisotopic (exact) mass is 267 g/mol. The lowest BCUT2D eigenvalue weighted by molar-refractivity contribution is -0.123. The molecule has 0 spiro atoms. The Morgan fingerprint density at radius 1 is 1.41 bits per heavy atom. The smallest absolute Gasteiger partial charge is 0.153 e. The fourth-order valence-corrected chi connectivity index (χ4v) is 2.74. The number of rotatable bonds is 2. The molecule has 1 saturated carbocycles. The van der Waals surface area contributed by atoms with Gasteiger partial charge in [0.1, 0.15) is 5.41 Å². The minimum atomic E-state index is -0.878. The Morgan fingerprint density at radius 2 is 2.18 bits per heavy atom. The van der Waals surface area contributed by atoms with Gasteiger partial charge in [0.2, 0.25) is 0 Å². The molecule has 1 aromatic rings. The zero-order chi connectivity index (χ0) is 12.5. The van der Waals surface area contributed by atoms with Crippen LogP contribution in [0.1, 0.15) is 24.8 Å². The van der Waals surface area contributed by atoms with E-state index in [1.165, 1.54) is 0 Å². The molecule has 0 heterocycles. The number of halogens is 2. The quantitative estimate of drug-likeness (QED) is 0.818. The number of carbonyl (C=O) groups is 1. The van der Waals surface area contributed by atoms with Gasteiger partial charge in [-0.15, -0.1) is 0 Å². The zero-order valence-corrected chi connectivity index (χ0v) is 10.7. The van der Waals surface area contributed by atoms with E-state index in [1.807, 2.05) is 0 Å². The van der Waals surface area contributed by atoms with Crippen molar-refractivity contribution in [1.29, 1.82) is 5.26 Å². The largest absolute Gasteiger partial charge is 0.298 e. The van der Waals surface area contributed by atoms with Crippen LogP contribution in [0, 0.1) is 16.7 Å². The zero-order valence-electron chi connectivity index (χ0n) is 9.17. The number of carbonyl (C=O) groups excluding carboxylic acids is 1. The molecule has 88 valence electrons. The topological polar surface area (TPSA) is 40.9 Å². The van der Waals surface area contributed by atoms with Crippen molar-refractivity contribution in [3.05, 3.63) is 33.8 Å². The summed E-state index contributed by atoms with van der Waals surface area (Å²) < 4.78 is 0. The van der Waals surface area contributed by atoms with Crippen LogP contribution in [0.2, 0.25) is 10.0 Å². The normalized spacial score (nSPS) is 23.7. The lowest BCUT2D eigenvalue weighted by atomic mass is 9.81. The van der Waals surface area contributed by atoms with Crippen molar-refractivity contribution in [2.24, 2.45) is 5.41 Å². The molecule has 0 aromatic heterocycles. The second kappa shape index (κ2) is 4.68. The van der Waals surface area contributed by atoms with E-state index in [1.54, 1.807) is 18.2 Å². The van der Waals surface area contributed by atoms with Crippen molar-refractivity contribution in [2.45, 2.75) is 25.7 Å². The van der Waals surface area contributed by atoms with Crippen molar-refractivity contribution in [1.82, 2.24) is 0 Å². The van der Waals surface area contributed by atoms with Crippen LogP contribution in [0.15, 0.2) is 18.2 Å². The van der Waals surface area contributed by atoms with Crippen LogP contribution in [0.4, 0.5) is 0 Å². The van der Waals surface area contributed by atoms with E-state index in [2.05, 4.69) is 6.07 Å². The lowest BCUT2D eigenvalue weighted by Gasteiger charge is -2.19. The highest BCUT2D eigenvalue weighted by Crippen LogP contribution is 2.39. The van der Waals surface area contributed by atoms with Crippen molar-refractivity contribution in [2.75, 3.05) is 0 Å². The number of nitrogens with zero attached hydrogens (tertiary/aromatic N) is 1. The van der Waals surface area contributed by atoms with Gasteiger partial charge in [-0.25, -0.2) is 0 Å². The Morgan fingerprint density at radius 3 is 2.71 bits per heavy atom. The van der Waals surface area contributed by atoms with Gasteiger partial charge >= 0.3 is 0 Å². The molecule has 0 bridgehead atoms. The summed E-state index contributed by atoms with van der Waals surface area (Å²) in [5.41, 5.74) is -0.0647. The van der Waals surface area contributed by atoms with Crippen LogP contribution in [0.25, 0.3) is 0 Å². The number of hydrogen-bond donors (Lipinski definition) is 0. The molecule has 0 N–H and O–H groups in total. The molecule has 4 heteroatoms. The summed E-state index contributed by atoms with van der Waals surface area (Å²) in [6.45, 7) is 0. The number of benzene rings is 1. The summed E-state index contributed by atoms with van der Waals surface area (Å²) in [6, 6.07) is 7.33. The Kier molecular flexibility index (Phi) is 3.42. The first-order valence-corrected chi connectivity index (χ1v) is 6.21. The predicted octanol–water partition coefficient (Wildman–Crippen LogP) is 3.80. The fourth-order valence-electron chi connectivity index (χ4n) is 2.26. The molecule has 17 heavy (non-hydrogen) atoms. The van der Waals surface area contributed by atoms with Gasteiger partial charge in [0, 0.05) is 16.5 Å². The third kappa shape index (κ3) is 2.31. The molecular formula is C13H11Cl2NO. The van der Waals surface area contributed by atoms with Gasteiger partial charge in [-0.05, 0) is 37.0 Å². The van der Waals surface area contributed by atoms with Gasteiger partial charge in [0.05, 0.1) is 6.07 Å². The summed E-state index contributed by atoms with van der Waals surface area (Å²) in [6.07, 6.45) is 2.30. The number of hydrogen-bond acceptors (Lipinski definition) is 2. The minimum absolute atomic E-state index is 0.0333. The highest BCUT2D eigenvalue weighted by molar-refractivity contribution is 6.35. The maximum Gasteiger partial charge on any atom is 0.153 e. The Labute approximate surface area is 110 Å². The highest BCUT2D eigenvalue weighted by Gasteiger charge is 2.42. The molecule has 1 aromatic carbocycles. The summed E-state index contributed by atoms with van der Waals surface area (Å²) in [5.74, 6) is 0.0333. The molecule has 2 rings (SSSR count). The first-order chi connectivity index (χ1) is 8.07. The van der Waals surface area contributed by atoms with E-state index in [9.17, 15) is 10.1 Å². The third-order valence-corrected chi connectivity index (χ3v) is 3.85. The van der Waals surface area contributed by atoms with E-state index in [0.29, 0.717) is 29.3 Å². The van der Waals surface area contributed by atoms with Gasteiger partial charge < -0.3 is 0 Å². The van der Waals surface area contributed by atoms with E-state index >= 15 is 0 Å². The predicted molar refractivity (Wildman–Crippen MR) is 67.1 cm³/mol. The molecule has 0 radical (unpaired) electrons. The first-order valence-electron chi connectivity index (χ1n) is 5.46. The SMILES string of the molecule is N#CC1(Cc2ccc(Cl)cc2Cl)CCCC1=O. The summed E-state index contributed by atoms with van der Waals surface area (Å²) >= 11 is 11.9. The van der Waals surface area contributed by atoms with Crippen LogP contribution in [0.3, 0.4) is 0 Å². The number of nitriles is 1. The van der Waals surface area contributed by atoms with Crippen LogP contribution < -0.4 is 0 Å². The van der Waals surface area contributed by atoms with Crippen LogP contribution in [-0.2, 0) is 11.2 Å². The molecule has 1 unspecified atom stereocenters. The van der Waals surface area contributed by atoms with Gasteiger partial charge in [0.25, 0.3) is 0 Å². The van der Waals surface area contributed by atoms with Gasteiger partial charge in [-0.3, -0.25) is 4.79 Å². The van der Waals surface area contributed by atoms with E-state index in [4.69, 9.17) is 23.2 Å². The molecular weight excluding hydrogens is 257 g/mol. The number of Topliss-reactive ketones (excluding diaryl/α,β-unsaturated/α-hetero) is 1. The Hall–Kier alpha value is -1.04. The number of ketones is 1.